The van der Waals surface area contributed by atoms with Gasteiger partial charge in [-0.1, -0.05) is 28.9 Å². The van der Waals surface area contributed by atoms with Crippen molar-refractivity contribution in [3.8, 4) is 0 Å². The zero-order chi connectivity index (χ0) is 18.5. The average Bonchev–Trinajstić information content (AvgIpc) is 3.32. The van der Waals surface area contributed by atoms with Gasteiger partial charge in [-0.25, -0.2) is 0 Å². The molecule has 0 saturated carbocycles. The molecule has 3 rings (SSSR count). The van der Waals surface area contributed by atoms with Crippen LogP contribution in [0.5, 0.6) is 0 Å². The van der Waals surface area contributed by atoms with Crippen LogP contribution in [0.15, 0.2) is 52.2 Å². The summed E-state index contributed by atoms with van der Waals surface area (Å²) >= 11 is 5.86. The van der Waals surface area contributed by atoms with Gasteiger partial charge in [0.15, 0.2) is 0 Å². The Morgan fingerprint density at radius 3 is 2.77 bits per heavy atom. The standard InChI is InChI=1S/C18H18ClN3O4/c1-11(17(23)20-10-14-3-2-8-25-14)21-18(24)16-9-15(22-26-16)12-4-6-13(19)7-5-12/h2-8,11,16H,9-10H2,1H3,(H,20,23)(H,21,24)/t11-,16-/m0/s1. The molecule has 0 saturated heterocycles. The summed E-state index contributed by atoms with van der Waals surface area (Å²) < 4.78 is 5.14. The number of halogens is 1. The molecule has 2 heterocycles. The van der Waals surface area contributed by atoms with Crippen molar-refractivity contribution in [3.63, 3.8) is 0 Å². The summed E-state index contributed by atoms with van der Waals surface area (Å²) in [5, 5.41) is 9.91. The van der Waals surface area contributed by atoms with Gasteiger partial charge in [-0.3, -0.25) is 9.59 Å². The molecule has 136 valence electrons. The van der Waals surface area contributed by atoms with Crippen molar-refractivity contribution in [2.45, 2.75) is 32.0 Å². The van der Waals surface area contributed by atoms with E-state index in [4.69, 9.17) is 20.9 Å². The molecule has 2 aromatic rings. The van der Waals surface area contributed by atoms with E-state index < -0.39 is 18.1 Å². The van der Waals surface area contributed by atoms with Crippen molar-refractivity contribution >= 4 is 29.1 Å². The maximum absolute atomic E-state index is 12.3. The Bertz CT molecular complexity index is 802. The lowest BCUT2D eigenvalue weighted by atomic mass is 10.0. The first-order valence-electron chi connectivity index (χ1n) is 8.12. The van der Waals surface area contributed by atoms with E-state index in [0.717, 1.165) is 5.56 Å². The molecule has 26 heavy (non-hydrogen) atoms. The zero-order valence-electron chi connectivity index (χ0n) is 14.1. The molecule has 0 fully saturated rings. The number of hydrogen-bond donors (Lipinski definition) is 2. The van der Waals surface area contributed by atoms with Crippen LogP contribution in [0, 0.1) is 0 Å². The second kappa shape index (κ2) is 8.05. The summed E-state index contributed by atoms with van der Waals surface area (Å²) in [6, 6.07) is 9.91. The van der Waals surface area contributed by atoms with Gasteiger partial charge in [0.05, 0.1) is 18.5 Å². The van der Waals surface area contributed by atoms with Crippen LogP contribution >= 0.6 is 11.6 Å². The number of hydrogen-bond acceptors (Lipinski definition) is 5. The molecule has 0 unspecified atom stereocenters. The van der Waals surface area contributed by atoms with E-state index in [2.05, 4.69) is 15.8 Å². The van der Waals surface area contributed by atoms with E-state index in [-0.39, 0.29) is 12.5 Å². The van der Waals surface area contributed by atoms with Crippen molar-refractivity contribution in [2.75, 3.05) is 0 Å². The third-order valence-electron chi connectivity index (χ3n) is 3.91. The number of amides is 2. The number of furan rings is 1. The first kappa shape index (κ1) is 18.0. The summed E-state index contributed by atoms with van der Waals surface area (Å²) in [7, 11) is 0. The molecular formula is C18H18ClN3O4. The highest BCUT2D eigenvalue weighted by atomic mass is 35.5. The molecule has 7 nitrogen and oxygen atoms in total. The Balaban J connectivity index is 1.47. The van der Waals surface area contributed by atoms with Gasteiger partial charge in [0, 0.05) is 11.4 Å². The van der Waals surface area contributed by atoms with Gasteiger partial charge < -0.3 is 19.9 Å². The quantitative estimate of drug-likeness (QED) is 0.809. The van der Waals surface area contributed by atoms with Crippen LogP contribution in [-0.4, -0.2) is 29.7 Å². The largest absolute Gasteiger partial charge is 0.467 e. The third kappa shape index (κ3) is 4.43. The van der Waals surface area contributed by atoms with Crippen molar-refractivity contribution in [1.82, 2.24) is 10.6 Å². The molecule has 1 aromatic heterocycles. The van der Waals surface area contributed by atoms with Crippen LogP contribution in [0.25, 0.3) is 0 Å². The summed E-state index contributed by atoms with van der Waals surface area (Å²) in [4.78, 5) is 29.6. The fourth-order valence-electron chi connectivity index (χ4n) is 2.44. The van der Waals surface area contributed by atoms with Gasteiger partial charge in [-0.05, 0) is 36.8 Å². The maximum Gasteiger partial charge on any atom is 0.264 e. The molecule has 8 heteroatoms. The Hall–Kier alpha value is -2.80. The lowest BCUT2D eigenvalue weighted by Gasteiger charge is -2.15. The molecule has 1 aliphatic heterocycles. The zero-order valence-corrected chi connectivity index (χ0v) is 14.8. The van der Waals surface area contributed by atoms with Crippen LogP contribution in [0.3, 0.4) is 0 Å². The molecular weight excluding hydrogens is 358 g/mol. The minimum atomic E-state index is -0.763. The number of carbonyl (C=O) groups is 2. The van der Waals surface area contributed by atoms with E-state index in [1.807, 2.05) is 12.1 Å². The second-order valence-electron chi connectivity index (χ2n) is 5.87. The topological polar surface area (TPSA) is 92.9 Å². The van der Waals surface area contributed by atoms with Crippen LogP contribution in [0.2, 0.25) is 5.02 Å². The molecule has 2 N–H and O–H groups in total. The van der Waals surface area contributed by atoms with Crippen molar-refractivity contribution in [1.29, 1.82) is 0 Å². The molecule has 2 amide bonds. The SMILES string of the molecule is C[C@H](NC(=O)[C@@H]1CC(c2ccc(Cl)cc2)=NO1)C(=O)NCc1ccco1. The Kier molecular flexibility index (Phi) is 5.58. The highest BCUT2D eigenvalue weighted by Gasteiger charge is 2.30. The summed E-state index contributed by atoms with van der Waals surface area (Å²) in [5.74, 6) is -0.0676. The number of oxime groups is 1. The average molecular weight is 376 g/mol. The third-order valence-corrected chi connectivity index (χ3v) is 4.16. The van der Waals surface area contributed by atoms with Gasteiger partial charge in [0.25, 0.3) is 5.91 Å². The Labute approximate surface area is 155 Å². The lowest BCUT2D eigenvalue weighted by Crippen LogP contribution is -2.47. The fraction of sp³-hybridized carbons (Fsp3) is 0.278. The van der Waals surface area contributed by atoms with Gasteiger partial charge in [0.1, 0.15) is 11.8 Å². The number of benzene rings is 1. The van der Waals surface area contributed by atoms with E-state index >= 15 is 0 Å². The summed E-state index contributed by atoms with van der Waals surface area (Å²) in [5.41, 5.74) is 1.51. The minimum Gasteiger partial charge on any atom is -0.467 e. The Morgan fingerprint density at radius 1 is 1.31 bits per heavy atom. The second-order valence-corrected chi connectivity index (χ2v) is 6.31. The van der Waals surface area contributed by atoms with E-state index in [9.17, 15) is 9.59 Å². The fourth-order valence-corrected chi connectivity index (χ4v) is 2.57. The van der Waals surface area contributed by atoms with Crippen molar-refractivity contribution in [3.05, 3.63) is 59.0 Å². The number of rotatable bonds is 6. The smallest absolute Gasteiger partial charge is 0.264 e. The summed E-state index contributed by atoms with van der Waals surface area (Å²) in [6.07, 6.45) is 1.09. The Morgan fingerprint density at radius 2 is 2.08 bits per heavy atom. The molecule has 0 radical (unpaired) electrons. The predicted octanol–water partition coefficient (Wildman–Crippen LogP) is 2.25. The number of nitrogens with one attached hydrogen (secondary N) is 2. The minimum absolute atomic E-state index is 0.260. The van der Waals surface area contributed by atoms with Crippen LogP contribution in [0.4, 0.5) is 0 Å². The van der Waals surface area contributed by atoms with Gasteiger partial charge in [0.2, 0.25) is 12.0 Å². The first-order chi connectivity index (χ1) is 12.5. The van der Waals surface area contributed by atoms with Crippen LogP contribution < -0.4 is 10.6 Å². The van der Waals surface area contributed by atoms with Gasteiger partial charge in [-0.15, -0.1) is 0 Å². The summed E-state index contributed by atoms with van der Waals surface area (Å²) in [6.45, 7) is 1.86. The molecule has 2 atom stereocenters. The molecule has 0 bridgehead atoms. The molecule has 1 aliphatic rings. The first-order valence-corrected chi connectivity index (χ1v) is 8.50. The highest BCUT2D eigenvalue weighted by molar-refractivity contribution is 6.30. The lowest BCUT2D eigenvalue weighted by molar-refractivity contribution is -0.135. The molecule has 0 aliphatic carbocycles. The van der Waals surface area contributed by atoms with E-state index in [0.29, 0.717) is 22.9 Å². The predicted molar refractivity (Wildman–Crippen MR) is 95.6 cm³/mol. The molecule has 0 spiro atoms. The normalized spacial score (nSPS) is 17.2. The van der Waals surface area contributed by atoms with Crippen molar-refractivity contribution in [2.24, 2.45) is 5.16 Å². The molecule has 1 aromatic carbocycles. The van der Waals surface area contributed by atoms with E-state index in [1.165, 1.54) is 6.26 Å². The van der Waals surface area contributed by atoms with Gasteiger partial charge in [-0.2, -0.15) is 0 Å². The van der Waals surface area contributed by atoms with Crippen LogP contribution in [0.1, 0.15) is 24.7 Å². The van der Waals surface area contributed by atoms with E-state index in [1.54, 1.807) is 31.2 Å². The number of nitrogens with zero attached hydrogens (tertiary/aromatic N) is 1. The monoisotopic (exact) mass is 375 g/mol. The highest BCUT2D eigenvalue weighted by Crippen LogP contribution is 2.18. The maximum atomic E-state index is 12.3. The van der Waals surface area contributed by atoms with Crippen molar-refractivity contribution < 1.29 is 18.8 Å². The van der Waals surface area contributed by atoms with Gasteiger partial charge >= 0.3 is 0 Å². The van der Waals surface area contributed by atoms with Crippen LogP contribution in [-0.2, 0) is 21.0 Å². The number of carbonyl (C=O) groups excluding carboxylic acids is 2.